The molecule has 0 radical (unpaired) electrons. The van der Waals surface area contributed by atoms with Crippen molar-refractivity contribution in [2.24, 2.45) is 0 Å². The van der Waals surface area contributed by atoms with Gasteiger partial charge in [0.05, 0.1) is 21.1 Å². The molecule has 0 fully saturated rings. The first-order valence-corrected chi connectivity index (χ1v) is 19.9. The highest BCUT2D eigenvalue weighted by atomic mass is 35.5. The Balaban J connectivity index is 0.0000185. The summed E-state index contributed by atoms with van der Waals surface area (Å²) in [6, 6.07) is 10.1. The summed E-state index contributed by atoms with van der Waals surface area (Å²) in [7, 11) is 7.24. The van der Waals surface area contributed by atoms with Crippen LogP contribution >= 0.6 is 0 Å². The molecule has 260 valence electrons. The molecule has 0 aromatic heterocycles. The molecule has 0 N–H and O–H groups in total. The smallest absolute Gasteiger partial charge is 0.114 e. The van der Waals surface area contributed by atoms with E-state index >= 15 is 0 Å². The summed E-state index contributed by atoms with van der Waals surface area (Å²) < 4.78 is 1.05. The van der Waals surface area contributed by atoms with E-state index in [0.29, 0.717) is 6.04 Å². The monoisotopic (exact) mass is 634 g/mol. The number of quaternary nitrogens is 1. The molecule has 1 atom stereocenters. The van der Waals surface area contributed by atoms with E-state index < -0.39 is 0 Å². The van der Waals surface area contributed by atoms with Crippen molar-refractivity contribution in [3.63, 3.8) is 0 Å². The maximum atomic E-state index is 2.46. The van der Waals surface area contributed by atoms with Gasteiger partial charge in [0.1, 0.15) is 6.04 Å². The van der Waals surface area contributed by atoms with Crippen LogP contribution in [0, 0.1) is 0 Å². The quantitative estimate of drug-likeness (QED) is 0.0547. The van der Waals surface area contributed by atoms with Crippen LogP contribution in [0.2, 0.25) is 0 Å². The van der Waals surface area contributed by atoms with E-state index in [-0.39, 0.29) is 12.4 Å². The van der Waals surface area contributed by atoms with Gasteiger partial charge in [-0.15, -0.1) is 0 Å². The lowest BCUT2D eigenvalue weighted by molar-refractivity contribution is -0.902. The molecule has 0 aliphatic carbocycles. The van der Waals surface area contributed by atoms with Crippen LogP contribution in [0.25, 0.3) is 0 Å². The third kappa shape index (κ3) is 24.7. The highest BCUT2D eigenvalue weighted by molar-refractivity contribution is 5.29. The SMILES string of the molecule is CCCCCCCCCCCCCCCCc1ccccc1C(CCCCCCCCCCCCCCCC)[N+](C)(C)C.[Cl-]. The first kappa shape index (κ1) is 43.5. The van der Waals surface area contributed by atoms with Gasteiger partial charge in [-0.2, -0.15) is 0 Å². The summed E-state index contributed by atoms with van der Waals surface area (Å²) in [5, 5.41) is 0. The van der Waals surface area contributed by atoms with E-state index in [9.17, 15) is 0 Å². The number of benzene rings is 1. The van der Waals surface area contributed by atoms with Gasteiger partial charge in [-0.3, -0.25) is 0 Å². The van der Waals surface area contributed by atoms with Crippen LogP contribution in [-0.2, 0) is 6.42 Å². The molecule has 0 aliphatic rings. The molecule has 0 amide bonds. The molecule has 0 aliphatic heterocycles. The highest BCUT2D eigenvalue weighted by Crippen LogP contribution is 2.32. The molecule has 0 spiro atoms. The van der Waals surface area contributed by atoms with Gasteiger partial charge in [0.25, 0.3) is 0 Å². The zero-order valence-corrected chi connectivity index (χ0v) is 31.7. The van der Waals surface area contributed by atoms with Crippen LogP contribution in [0.4, 0.5) is 0 Å². The molecule has 1 aromatic rings. The summed E-state index contributed by atoms with van der Waals surface area (Å²) >= 11 is 0. The Morgan fingerprint density at radius 1 is 0.432 bits per heavy atom. The summed E-state index contributed by atoms with van der Waals surface area (Å²) in [6.45, 7) is 4.62. The highest BCUT2D eigenvalue weighted by Gasteiger charge is 2.27. The molecule has 1 aromatic carbocycles. The fraction of sp³-hybridized carbons (Fsp3) is 0.857. The van der Waals surface area contributed by atoms with Gasteiger partial charge in [0.2, 0.25) is 0 Å². The lowest BCUT2D eigenvalue weighted by Gasteiger charge is -2.36. The Hall–Kier alpha value is -0.530. The van der Waals surface area contributed by atoms with Gasteiger partial charge < -0.3 is 16.9 Å². The van der Waals surface area contributed by atoms with E-state index in [1.54, 1.807) is 11.1 Å². The van der Waals surface area contributed by atoms with E-state index in [1.165, 1.54) is 193 Å². The number of hydrogen-bond donors (Lipinski definition) is 0. The van der Waals surface area contributed by atoms with Gasteiger partial charge in [-0.25, -0.2) is 0 Å². The predicted molar refractivity (Wildman–Crippen MR) is 196 cm³/mol. The van der Waals surface area contributed by atoms with Crippen molar-refractivity contribution in [2.45, 2.75) is 213 Å². The fourth-order valence-electron chi connectivity index (χ4n) is 7.09. The van der Waals surface area contributed by atoms with E-state index in [4.69, 9.17) is 0 Å². The first-order chi connectivity index (χ1) is 21.0. The van der Waals surface area contributed by atoms with Crippen molar-refractivity contribution >= 4 is 0 Å². The predicted octanol–water partition coefficient (Wildman–Crippen LogP) is 11.3. The molecular formula is C42H80ClN. The van der Waals surface area contributed by atoms with Crippen molar-refractivity contribution in [3.05, 3.63) is 35.4 Å². The van der Waals surface area contributed by atoms with Crippen molar-refractivity contribution in [1.29, 1.82) is 0 Å². The van der Waals surface area contributed by atoms with Gasteiger partial charge >= 0.3 is 0 Å². The van der Waals surface area contributed by atoms with Crippen molar-refractivity contribution < 1.29 is 16.9 Å². The Bertz CT molecular complexity index is 708. The van der Waals surface area contributed by atoms with Gasteiger partial charge in [0, 0.05) is 12.0 Å². The number of hydrogen-bond acceptors (Lipinski definition) is 0. The molecule has 1 unspecified atom stereocenters. The molecular weight excluding hydrogens is 554 g/mol. The Kier molecular flexibility index (Phi) is 30.7. The van der Waals surface area contributed by atoms with E-state index in [0.717, 1.165) is 4.48 Å². The molecule has 1 rings (SSSR count). The average molecular weight is 635 g/mol. The maximum absolute atomic E-state index is 2.46. The third-order valence-corrected chi connectivity index (χ3v) is 9.98. The van der Waals surface area contributed by atoms with Crippen LogP contribution in [0.1, 0.15) is 217 Å². The summed E-state index contributed by atoms with van der Waals surface area (Å²) in [5.74, 6) is 0. The van der Waals surface area contributed by atoms with Crippen molar-refractivity contribution in [1.82, 2.24) is 0 Å². The molecule has 0 saturated heterocycles. The molecule has 0 bridgehead atoms. The number of aryl methyl sites for hydroxylation is 1. The van der Waals surface area contributed by atoms with Crippen molar-refractivity contribution in [3.8, 4) is 0 Å². The number of rotatable bonds is 32. The normalized spacial score (nSPS) is 12.4. The molecule has 1 nitrogen and oxygen atoms in total. The summed E-state index contributed by atoms with van der Waals surface area (Å²) in [4.78, 5) is 0. The standard InChI is InChI=1S/C42H80N.ClH/c1-6-8-10-12-14-16-18-20-22-24-26-28-30-32-36-40-37-34-35-38-41(40)42(43(3,4)5)39-33-31-29-27-25-23-21-19-17-15-13-11-9-7-2;/h34-35,37-38,42H,6-33,36,39H2,1-5H3;1H/q+1;/p-1. The first-order valence-electron chi connectivity index (χ1n) is 19.9. The number of halogens is 1. The van der Waals surface area contributed by atoms with Crippen LogP contribution in [-0.4, -0.2) is 25.6 Å². The maximum Gasteiger partial charge on any atom is 0.114 e. The Morgan fingerprint density at radius 3 is 1.11 bits per heavy atom. The van der Waals surface area contributed by atoms with Gasteiger partial charge in [-0.05, 0) is 24.8 Å². The zero-order valence-electron chi connectivity index (χ0n) is 30.9. The minimum Gasteiger partial charge on any atom is -1.00 e. The Labute approximate surface area is 285 Å². The summed E-state index contributed by atoms with van der Waals surface area (Å²) in [6.07, 6.45) is 42.9. The fourth-order valence-corrected chi connectivity index (χ4v) is 7.09. The third-order valence-electron chi connectivity index (χ3n) is 9.98. The molecule has 44 heavy (non-hydrogen) atoms. The van der Waals surface area contributed by atoms with Gasteiger partial charge in [-0.1, -0.05) is 205 Å². The average Bonchev–Trinajstić information content (AvgIpc) is 2.99. The lowest BCUT2D eigenvalue weighted by atomic mass is 9.91. The lowest BCUT2D eigenvalue weighted by Crippen LogP contribution is -3.00. The van der Waals surface area contributed by atoms with Crippen LogP contribution in [0.15, 0.2) is 24.3 Å². The number of nitrogens with zero attached hydrogens (tertiary/aromatic N) is 1. The largest absolute Gasteiger partial charge is 1.00 e. The zero-order chi connectivity index (χ0) is 31.3. The van der Waals surface area contributed by atoms with E-state index in [2.05, 4.69) is 59.3 Å². The Morgan fingerprint density at radius 2 is 0.750 bits per heavy atom. The second kappa shape index (κ2) is 31.1. The van der Waals surface area contributed by atoms with Crippen LogP contribution < -0.4 is 12.4 Å². The minimum absolute atomic E-state index is 0. The van der Waals surface area contributed by atoms with Crippen molar-refractivity contribution in [2.75, 3.05) is 21.1 Å². The number of unbranched alkanes of at least 4 members (excludes halogenated alkanes) is 26. The summed E-state index contributed by atoms with van der Waals surface area (Å²) in [5.41, 5.74) is 3.27. The van der Waals surface area contributed by atoms with Crippen LogP contribution in [0.3, 0.4) is 0 Å². The molecule has 0 saturated carbocycles. The van der Waals surface area contributed by atoms with E-state index in [1.807, 2.05) is 0 Å². The topological polar surface area (TPSA) is 0 Å². The molecule has 2 heteroatoms. The van der Waals surface area contributed by atoms with Gasteiger partial charge in [0.15, 0.2) is 0 Å². The van der Waals surface area contributed by atoms with Crippen LogP contribution in [0.5, 0.6) is 0 Å². The molecule has 0 heterocycles. The second-order valence-electron chi connectivity index (χ2n) is 15.1. The second-order valence-corrected chi connectivity index (χ2v) is 15.1. The minimum atomic E-state index is 0.